The molecule has 1 heterocycles. The summed E-state index contributed by atoms with van der Waals surface area (Å²) in [5.41, 5.74) is 0.222. The Kier molecular flexibility index (Phi) is 4.33. The van der Waals surface area contributed by atoms with E-state index in [0.29, 0.717) is 31.0 Å². The molecule has 1 aromatic rings. The van der Waals surface area contributed by atoms with Gasteiger partial charge in [0.1, 0.15) is 5.69 Å². The maximum Gasteiger partial charge on any atom is 0.332 e. The van der Waals surface area contributed by atoms with E-state index in [2.05, 4.69) is 20.6 Å². The fraction of sp³-hybridized carbons (Fsp3) is 0.667. The average molecular weight is 281 g/mol. The Morgan fingerprint density at radius 1 is 1.45 bits per heavy atom. The van der Waals surface area contributed by atoms with Gasteiger partial charge in [0.15, 0.2) is 0 Å². The SMILES string of the molecule is CCCNc1nc(C)c([N+](=O)[O-])c(NC2CC(O)C2)n1. The number of nitrogens with zero attached hydrogens (tertiary/aromatic N) is 3. The van der Waals surface area contributed by atoms with Crippen LogP contribution in [0.2, 0.25) is 0 Å². The van der Waals surface area contributed by atoms with Crippen molar-refractivity contribution in [3.8, 4) is 0 Å². The van der Waals surface area contributed by atoms with Gasteiger partial charge in [0.2, 0.25) is 11.8 Å². The molecule has 0 spiro atoms. The van der Waals surface area contributed by atoms with Crippen molar-refractivity contribution in [2.75, 3.05) is 17.2 Å². The lowest BCUT2D eigenvalue weighted by Crippen LogP contribution is -2.39. The lowest BCUT2D eigenvalue weighted by Gasteiger charge is -2.32. The van der Waals surface area contributed by atoms with Gasteiger partial charge in [-0.2, -0.15) is 4.98 Å². The number of hydrogen-bond acceptors (Lipinski definition) is 7. The largest absolute Gasteiger partial charge is 0.393 e. The van der Waals surface area contributed by atoms with Crippen LogP contribution in [0.1, 0.15) is 31.9 Å². The van der Waals surface area contributed by atoms with Gasteiger partial charge in [-0.05, 0) is 26.2 Å². The molecule has 110 valence electrons. The third-order valence-corrected chi connectivity index (χ3v) is 3.23. The van der Waals surface area contributed by atoms with Crippen LogP contribution in [0.5, 0.6) is 0 Å². The van der Waals surface area contributed by atoms with Crippen LogP contribution in [0.3, 0.4) is 0 Å². The van der Waals surface area contributed by atoms with Gasteiger partial charge in [-0.15, -0.1) is 0 Å². The summed E-state index contributed by atoms with van der Waals surface area (Å²) in [7, 11) is 0. The van der Waals surface area contributed by atoms with Gasteiger partial charge in [-0.3, -0.25) is 10.1 Å². The quantitative estimate of drug-likeness (QED) is 0.534. The van der Waals surface area contributed by atoms with Gasteiger partial charge in [0.25, 0.3) is 0 Å². The first-order chi connectivity index (χ1) is 9.51. The maximum atomic E-state index is 11.1. The Labute approximate surface area is 116 Å². The lowest BCUT2D eigenvalue weighted by molar-refractivity contribution is -0.385. The normalized spacial score (nSPS) is 21.1. The van der Waals surface area contributed by atoms with Crippen molar-refractivity contribution in [2.45, 2.75) is 45.3 Å². The fourth-order valence-corrected chi connectivity index (χ4v) is 2.10. The minimum Gasteiger partial charge on any atom is -0.393 e. The van der Waals surface area contributed by atoms with Crippen molar-refractivity contribution in [2.24, 2.45) is 0 Å². The molecule has 0 atom stereocenters. The van der Waals surface area contributed by atoms with E-state index < -0.39 is 4.92 Å². The summed E-state index contributed by atoms with van der Waals surface area (Å²) in [5, 5.41) is 26.5. The third kappa shape index (κ3) is 3.13. The van der Waals surface area contributed by atoms with Gasteiger partial charge in [-0.25, -0.2) is 4.98 Å². The van der Waals surface area contributed by atoms with Crippen LogP contribution in [-0.4, -0.2) is 38.7 Å². The minimum absolute atomic E-state index is 0.0250. The zero-order chi connectivity index (χ0) is 14.7. The molecular formula is C12H19N5O3. The number of nitrogens with one attached hydrogen (secondary N) is 2. The first-order valence-electron chi connectivity index (χ1n) is 6.72. The van der Waals surface area contributed by atoms with Gasteiger partial charge in [0, 0.05) is 12.6 Å². The first-order valence-corrected chi connectivity index (χ1v) is 6.72. The molecule has 1 saturated carbocycles. The van der Waals surface area contributed by atoms with Crippen LogP contribution in [0.25, 0.3) is 0 Å². The summed E-state index contributed by atoms with van der Waals surface area (Å²) >= 11 is 0. The van der Waals surface area contributed by atoms with Crippen LogP contribution >= 0.6 is 0 Å². The third-order valence-electron chi connectivity index (χ3n) is 3.23. The second kappa shape index (κ2) is 6.00. The Balaban J connectivity index is 2.24. The van der Waals surface area contributed by atoms with E-state index in [1.54, 1.807) is 6.92 Å². The summed E-state index contributed by atoms with van der Waals surface area (Å²) in [5.74, 6) is 0.607. The number of hydrogen-bond donors (Lipinski definition) is 3. The highest BCUT2D eigenvalue weighted by Gasteiger charge is 2.31. The molecule has 1 aromatic heterocycles. The maximum absolute atomic E-state index is 11.1. The van der Waals surface area contributed by atoms with Crippen molar-refractivity contribution in [3.63, 3.8) is 0 Å². The Bertz CT molecular complexity index is 502. The van der Waals surface area contributed by atoms with E-state index in [0.717, 1.165) is 6.42 Å². The van der Waals surface area contributed by atoms with E-state index in [9.17, 15) is 15.2 Å². The second-order valence-corrected chi connectivity index (χ2v) is 4.98. The summed E-state index contributed by atoms with van der Waals surface area (Å²) in [6, 6.07) is 0.0250. The number of aromatic nitrogens is 2. The molecule has 8 nitrogen and oxygen atoms in total. The Hall–Kier alpha value is -1.96. The number of aliphatic hydroxyl groups excluding tert-OH is 1. The molecule has 1 aliphatic carbocycles. The molecule has 20 heavy (non-hydrogen) atoms. The van der Waals surface area contributed by atoms with Crippen LogP contribution in [0.4, 0.5) is 17.5 Å². The van der Waals surface area contributed by atoms with E-state index in [1.165, 1.54) is 0 Å². The van der Waals surface area contributed by atoms with Gasteiger partial charge in [-0.1, -0.05) is 6.92 Å². The Morgan fingerprint density at radius 3 is 2.70 bits per heavy atom. The topological polar surface area (TPSA) is 113 Å². The molecular weight excluding hydrogens is 262 g/mol. The van der Waals surface area contributed by atoms with E-state index in [4.69, 9.17) is 0 Å². The van der Waals surface area contributed by atoms with Crippen LogP contribution < -0.4 is 10.6 Å². The van der Waals surface area contributed by atoms with Gasteiger partial charge >= 0.3 is 5.69 Å². The monoisotopic (exact) mass is 281 g/mol. The van der Waals surface area contributed by atoms with Crippen molar-refractivity contribution in [1.82, 2.24) is 9.97 Å². The molecule has 0 radical (unpaired) electrons. The number of rotatable bonds is 6. The van der Waals surface area contributed by atoms with Crippen LogP contribution in [-0.2, 0) is 0 Å². The summed E-state index contributed by atoms with van der Waals surface area (Å²) in [6.07, 6.45) is 1.75. The fourth-order valence-electron chi connectivity index (χ4n) is 2.10. The van der Waals surface area contributed by atoms with E-state index in [1.807, 2.05) is 6.92 Å². The molecule has 2 rings (SSSR count). The molecule has 0 saturated heterocycles. The van der Waals surface area contributed by atoms with E-state index in [-0.39, 0.29) is 23.7 Å². The highest BCUT2D eigenvalue weighted by atomic mass is 16.6. The minimum atomic E-state index is -0.476. The van der Waals surface area contributed by atoms with Gasteiger partial charge in [0.05, 0.1) is 11.0 Å². The molecule has 0 unspecified atom stereocenters. The summed E-state index contributed by atoms with van der Waals surface area (Å²) in [6.45, 7) is 4.32. The number of aryl methyl sites for hydroxylation is 1. The van der Waals surface area contributed by atoms with Crippen molar-refractivity contribution in [3.05, 3.63) is 15.8 Å². The lowest BCUT2D eigenvalue weighted by atomic mass is 9.89. The molecule has 0 aliphatic heterocycles. The molecule has 1 fully saturated rings. The zero-order valence-corrected chi connectivity index (χ0v) is 11.6. The average Bonchev–Trinajstić information content (AvgIpc) is 2.33. The zero-order valence-electron chi connectivity index (χ0n) is 11.6. The highest BCUT2D eigenvalue weighted by molar-refractivity contribution is 5.61. The van der Waals surface area contributed by atoms with Crippen molar-refractivity contribution >= 4 is 17.5 Å². The standard InChI is InChI=1S/C12H19N5O3/c1-3-4-13-12-14-7(2)10(17(19)20)11(16-12)15-8-5-9(18)6-8/h8-9,18H,3-6H2,1-2H3,(H2,13,14,15,16). The van der Waals surface area contributed by atoms with E-state index >= 15 is 0 Å². The molecule has 0 amide bonds. The molecule has 1 aliphatic rings. The number of aliphatic hydroxyl groups is 1. The second-order valence-electron chi connectivity index (χ2n) is 4.98. The van der Waals surface area contributed by atoms with Crippen LogP contribution in [0, 0.1) is 17.0 Å². The molecule has 0 bridgehead atoms. The van der Waals surface area contributed by atoms with Crippen molar-refractivity contribution in [1.29, 1.82) is 0 Å². The smallest absolute Gasteiger partial charge is 0.332 e. The Morgan fingerprint density at radius 2 is 2.15 bits per heavy atom. The number of anilines is 2. The predicted octanol–water partition coefficient (Wildman–Crippen LogP) is 1.45. The highest BCUT2D eigenvalue weighted by Crippen LogP contribution is 2.30. The number of nitro groups is 1. The van der Waals surface area contributed by atoms with Crippen molar-refractivity contribution < 1.29 is 10.0 Å². The molecule has 3 N–H and O–H groups in total. The first kappa shape index (κ1) is 14.4. The predicted molar refractivity (Wildman–Crippen MR) is 74.9 cm³/mol. The summed E-state index contributed by atoms with van der Waals surface area (Å²) in [4.78, 5) is 18.9. The van der Waals surface area contributed by atoms with Crippen LogP contribution in [0.15, 0.2) is 0 Å². The molecule has 8 heteroatoms. The van der Waals surface area contributed by atoms with Gasteiger partial charge < -0.3 is 15.7 Å². The summed E-state index contributed by atoms with van der Waals surface area (Å²) < 4.78 is 0. The molecule has 0 aromatic carbocycles.